The van der Waals surface area contributed by atoms with Crippen molar-refractivity contribution in [2.24, 2.45) is 0 Å². The van der Waals surface area contributed by atoms with Crippen molar-refractivity contribution in [3.05, 3.63) is 69.2 Å². The Kier molecular flexibility index (Phi) is 5.71. The number of amides is 1. The first-order valence-electron chi connectivity index (χ1n) is 9.13. The molecule has 4 heteroatoms. The van der Waals surface area contributed by atoms with Gasteiger partial charge in [0.2, 0.25) is 0 Å². The fourth-order valence-corrected chi connectivity index (χ4v) is 3.50. The first kappa shape index (κ1) is 19.0. The smallest absolute Gasteiger partial charge is 0.410 e. The van der Waals surface area contributed by atoms with Crippen LogP contribution in [0.15, 0.2) is 46.9 Å². The van der Waals surface area contributed by atoms with Gasteiger partial charge < -0.3 is 9.64 Å². The lowest BCUT2D eigenvalue weighted by Gasteiger charge is -2.26. The van der Waals surface area contributed by atoms with E-state index in [2.05, 4.69) is 58.4 Å². The van der Waals surface area contributed by atoms with Crippen molar-refractivity contribution < 1.29 is 9.53 Å². The van der Waals surface area contributed by atoms with Crippen LogP contribution in [0.4, 0.5) is 4.79 Å². The molecule has 3 nitrogen and oxygen atoms in total. The van der Waals surface area contributed by atoms with E-state index in [0.717, 1.165) is 23.7 Å². The Morgan fingerprint density at radius 3 is 2.27 bits per heavy atom. The van der Waals surface area contributed by atoms with Crippen LogP contribution in [-0.2, 0) is 24.0 Å². The highest BCUT2D eigenvalue weighted by Gasteiger charge is 2.24. The van der Waals surface area contributed by atoms with Gasteiger partial charge in [-0.25, -0.2) is 4.79 Å². The van der Waals surface area contributed by atoms with Crippen molar-refractivity contribution >= 4 is 22.0 Å². The molecule has 0 N–H and O–H groups in total. The van der Waals surface area contributed by atoms with E-state index >= 15 is 0 Å². The Bertz CT molecular complexity index is 778. The molecule has 138 valence electrons. The molecule has 1 aliphatic rings. The van der Waals surface area contributed by atoms with Gasteiger partial charge in [0.15, 0.2) is 0 Å². The van der Waals surface area contributed by atoms with Crippen LogP contribution in [0, 0.1) is 0 Å². The van der Waals surface area contributed by atoms with Gasteiger partial charge in [-0.2, -0.15) is 0 Å². The number of ether oxygens (including phenoxy) is 1. The van der Waals surface area contributed by atoms with E-state index in [4.69, 9.17) is 4.74 Å². The summed E-state index contributed by atoms with van der Waals surface area (Å²) in [6.07, 6.45) is 2.48. The molecule has 0 saturated carbocycles. The van der Waals surface area contributed by atoms with Crippen LogP contribution in [0.3, 0.4) is 0 Å². The quantitative estimate of drug-likeness (QED) is 0.658. The van der Waals surface area contributed by atoms with E-state index in [-0.39, 0.29) is 6.09 Å². The molecular weight excluding hydrogens is 390 g/mol. The molecule has 1 aliphatic heterocycles. The molecule has 0 atom stereocenters. The largest absolute Gasteiger partial charge is 0.444 e. The minimum Gasteiger partial charge on any atom is -0.444 e. The lowest BCUT2D eigenvalue weighted by Crippen LogP contribution is -2.38. The predicted octanol–water partition coefficient (Wildman–Crippen LogP) is 5.38. The Morgan fingerprint density at radius 2 is 1.62 bits per heavy atom. The summed E-state index contributed by atoms with van der Waals surface area (Å²) in [5, 5.41) is 0. The fourth-order valence-electron chi connectivity index (χ4n) is 3.24. The number of fused-ring (bicyclic) bond motifs is 1. The molecule has 0 fully saturated rings. The van der Waals surface area contributed by atoms with Crippen LogP contribution >= 0.6 is 15.9 Å². The lowest BCUT2D eigenvalue weighted by atomic mass is 9.97. The molecule has 0 unspecified atom stereocenters. The molecule has 3 rings (SSSR count). The molecule has 0 saturated heterocycles. The molecule has 0 aromatic heterocycles. The minimum absolute atomic E-state index is 0.208. The zero-order valence-electron chi connectivity index (χ0n) is 15.7. The fraction of sp³-hybridized carbons (Fsp3) is 0.409. The second-order valence-corrected chi connectivity index (χ2v) is 8.79. The first-order chi connectivity index (χ1) is 12.3. The summed E-state index contributed by atoms with van der Waals surface area (Å²) in [4.78, 5) is 14.2. The summed E-state index contributed by atoms with van der Waals surface area (Å²) in [6.45, 7) is 7.15. The maximum Gasteiger partial charge on any atom is 0.410 e. The number of carbonyl (C=O) groups is 1. The van der Waals surface area contributed by atoms with Crippen molar-refractivity contribution in [1.29, 1.82) is 0 Å². The summed E-state index contributed by atoms with van der Waals surface area (Å²) >= 11 is 3.48. The maximum absolute atomic E-state index is 12.4. The van der Waals surface area contributed by atoms with Gasteiger partial charge in [0, 0.05) is 17.6 Å². The third kappa shape index (κ3) is 5.10. The van der Waals surface area contributed by atoms with E-state index in [1.54, 1.807) is 0 Å². The van der Waals surface area contributed by atoms with Crippen molar-refractivity contribution in [3.8, 4) is 0 Å². The van der Waals surface area contributed by atoms with Crippen molar-refractivity contribution in [2.75, 3.05) is 13.1 Å². The summed E-state index contributed by atoms with van der Waals surface area (Å²) in [5.74, 6) is 0. The van der Waals surface area contributed by atoms with Crippen LogP contribution in [0.2, 0.25) is 0 Å². The van der Waals surface area contributed by atoms with Crippen molar-refractivity contribution in [2.45, 2.75) is 45.6 Å². The van der Waals surface area contributed by atoms with E-state index in [1.165, 1.54) is 22.3 Å². The average molecular weight is 416 g/mol. The Labute approximate surface area is 164 Å². The SMILES string of the molecule is CC(C)(C)OC(=O)N1CCc2ccc(Cc3ccc(Br)cc3)cc2CC1. The highest BCUT2D eigenvalue weighted by molar-refractivity contribution is 9.10. The number of halogens is 1. The molecule has 0 aliphatic carbocycles. The maximum atomic E-state index is 12.4. The van der Waals surface area contributed by atoms with Gasteiger partial charge in [0.05, 0.1) is 0 Å². The van der Waals surface area contributed by atoms with E-state index in [1.807, 2.05) is 25.7 Å². The summed E-state index contributed by atoms with van der Waals surface area (Å²) in [5.41, 5.74) is 4.86. The third-order valence-electron chi connectivity index (χ3n) is 4.55. The molecule has 0 bridgehead atoms. The van der Waals surface area contributed by atoms with Crippen LogP contribution < -0.4 is 0 Å². The summed E-state index contributed by atoms with van der Waals surface area (Å²) in [6, 6.07) is 15.2. The van der Waals surface area contributed by atoms with E-state index < -0.39 is 5.60 Å². The van der Waals surface area contributed by atoms with Gasteiger partial charge in [0.1, 0.15) is 5.60 Å². The summed E-state index contributed by atoms with van der Waals surface area (Å²) in [7, 11) is 0. The number of carbonyl (C=O) groups excluding carboxylic acids is 1. The number of nitrogens with zero attached hydrogens (tertiary/aromatic N) is 1. The van der Waals surface area contributed by atoms with Crippen molar-refractivity contribution in [1.82, 2.24) is 4.90 Å². The zero-order valence-corrected chi connectivity index (χ0v) is 17.3. The van der Waals surface area contributed by atoms with Gasteiger partial charge in [0.25, 0.3) is 0 Å². The molecule has 1 heterocycles. The molecular formula is C22H26BrNO2. The topological polar surface area (TPSA) is 29.5 Å². The Hall–Kier alpha value is -1.81. The van der Waals surface area contributed by atoms with Gasteiger partial charge in [-0.15, -0.1) is 0 Å². The molecule has 26 heavy (non-hydrogen) atoms. The second-order valence-electron chi connectivity index (χ2n) is 7.87. The minimum atomic E-state index is -0.450. The van der Waals surface area contributed by atoms with Crippen LogP contribution in [-0.4, -0.2) is 29.7 Å². The first-order valence-corrected chi connectivity index (χ1v) is 9.92. The van der Waals surface area contributed by atoms with Gasteiger partial charge in [-0.3, -0.25) is 0 Å². The number of benzene rings is 2. The average Bonchev–Trinajstić information content (AvgIpc) is 2.78. The Morgan fingerprint density at radius 1 is 1.00 bits per heavy atom. The standard InChI is InChI=1S/C22H26BrNO2/c1-22(2,3)26-21(25)24-12-10-18-7-4-17(15-19(18)11-13-24)14-16-5-8-20(23)9-6-16/h4-9,15H,10-14H2,1-3H3. The molecule has 0 radical (unpaired) electrons. The zero-order chi connectivity index (χ0) is 18.7. The predicted molar refractivity (Wildman–Crippen MR) is 109 cm³/mol. The summed E-state index contributed by atoms with van der Waals surface area (Å²) < 4.78 is 6.63. The van der Waals surface area contributed by atoms with Crippen LogP contribution in [0.1, 0.15) is 43.0 Å². The third-order valence-corrected chi connectivity index (χ3v) is 5.07. The molecule has 2 aromatic rings. The molecule has 1 amide bonds. The lowest BCUT2D eigenvalue weighted by molar-refractivity contribution is 0.0258. The molecule has 0 spiro atoms. The van der Waals surface area contributed by atoms with Crippen molar-refractivity contribution in [3.63, 3.8) is 0 Å². The Balaban J connectivity index is 1.68. The van der Waals surface area contributed by atoms with Crippen LogP contribution in [0.25, 0.3) is 0 Å². The number of hydrogen-bond acceptors (Lipinski definition) is 2. The van der Waals surface area contributed by atoms with E-state index in [9.17, 15) is 4.79 Å². The number of hydrogen-bond donors (Lipinski definition) is 0. The number of rotatable bonds is 2. The molecule has 2 aromatic carbocycles. The highest BCUT2D eigenvalue weighted by atomic mass is 79.9. The monoisotopic (exact) mass is 415 g/mol. The van der Waals surface area contributed by atoms with Gasteiger partial charge in [-0.1, -0.05) is 46.3 Å². The second kappa shape index (κ2) is 7.83. The van der Waals surface area contributed by atoms with Crippen LogP contribution in [0.5, 0.6) is 0 Å². The highest BCUT2D eigenvalue weighted by Crippen LogP contribution is 2.21. The normalized spacial score (nSPS) is 14.5. The van der Waals surface area contributed by atoms with E-state index in [0.29, 0.717) is 13.1 Å². The van der Waals surface area contributed by atoms with Gasteiger partial charge in [-0.05, 0) is 74.4 Å². The van der Waals surface area contributed by atoms with Gasteiger partial charge >= 0.3 is 6.09 Å².